The van der Waals surface area contributed by atoms with Gasteiger partial charge in [-0.15, -0.1) is 0 Å². The summed E-state index contributed by atoms with van der Waals surface area (Å²) < 4.78 is 69.3. The van der Waals surface area contributed by atoms with E-state index in [-0.39, 0.29) is 13.0 Å². The van der Waals surface area contributed by atoms with Gasteiger partial charge in [0.25, 0.3) is 0 Å². The van der Waals surface area contributed by atoms with E-state index >= 15 is 0 Å². The van der Waals surface area contributed by atoms with Gasteiger partial charge in [0.1, 0.15) is 6.10 Å². The number of hydrogen-bond acceptors (Lipinski definition) is 7. The van der Waals surface area contributed by atoms with Gasteiger partial charge >= 0.3 is 20.7 Å². The Bertz CT molecular complexity index is 471. The molecule has 1 aliphatic rings. The normalized spacial score (nSPS) is 30.3. The standard InChI is InChI=1S/C6H13NO9S2/c8-5-1-4(7-17(9,10)11)2-15-6(5)3-16-18(12,13)14/h4-8H,1-3H2,(H,9,10,11)(H,12,13,14)/t4-,5-,6?/m0/s1. The van der Waals surface area contributed by atoms with Crippen LogP contribution in [0.15, 0.2) is 0 Å². The molecule has 1 heterocycles. The van der Waals surface area contributed by atoms with Gasteiger partial charge in [0.2, 0.25) is 0 Å². The van der Waals surface area contributed by atoms with Crippen LogP contribution in [0, 0.1) is 0 Å². The lowest BCUT2D eigenvalue weighted by Crippen LogP contribution is -2.50. The van der Waals surface area contributed by atoms with E-state index in [2.05, 4.69) is 4.18 Å². The second-order valence-electron chi connectivity index (χ2n) is 3.68. The van der Waals surface area contributed by atoms with Crippen LogP contribution in [0.5, 0.6) is 0 Å². The molecule has 18 heavy (non-hydrogen) atoms. The molecule has 0 radical (unpaired) electrons. The van der Waals surface area contributed by atoms with Crippen LogP contribution in [0.25, 0.3) is 0 Å². The van der Waals surface area contributed by atoms with Gasteiger partial charge in [0.05, 0.1) is 19.3 Å². The van der Waals surface area contributed by atoms with Crippen LogP contribution in [-0.4, -0.2) is 62.5 Å². The van der Waals surface area contributed by atoms with Gasteiger partial charge in [-0.25, -0.2) is 4.18 Å². The monoisotopic (exact) mass is 307 g/mol. The van der Waals surface area contributed by atoms with E-state index in [0.29, 0.717) is 0 Å². The first-order valence-electron chi connectivity index (χ1n) is 4.73. The van der Waals surface area contributed by atoms with Gasteiger partial charge < -0.3 is 9.84 Å². The van der Waals surface area contributed by atoms with Crippen molar-refractivity contribution >= 4 is 20.7 Å². The molecule has 1 unspecified atom stereocenters. The lowest BCUT2D eigenvalue weighted by Gasteiger charge is -2.32. The Morgan fingerprint density at radius 1 is 1.28 bits per heavy atom. The quantitative estimate of drug-likeness (QED) is 0.410. The summed E-state index contributed by atoms with van der Waals surface area (Å²) in [5, 5.41) is 9.54. The van der Waals surface area contributed by atoms with Crippen LogP contribution in [0.1, 0.15) is 6.42 Å². The maximum absolute atomic E-state index is 10.5. The molecule has 1 aliphatic heterocycles. The summed E-state index contributed by atoms with van der Waals surface area (Å²) in [6.07, 6.45) is -2.33. The minimum Gasteiger partial charge on any atom is -0.390 e. The first-order valence-corrected chi connectivity index (χ1v) is 7.53. The highest BCUT2D eigenvalue weighted by atomic mass is 32.3. The largest absolute Gasteiger partial charge is 0.397 e. The highest BCUT2D eigenvalue weighted by Gasteiger charge is 2.32. The van der Waals surface area contributed by atoms with Crippen LogP contribution in [-0.2, 0) is 29.6 Å². The Kier molecular flexibility index (Phi) is 5.02. The molecular weight excluding hydrogens is 294 g/mol. The molecule has 0 aromatic rings. The van der Waals surface area contributed by atoms with Crippen LogP contribution < -0.4 is 4.72 Å². The molecule has 0 aromatic carbocycles. The molecule has 1 rings (SSSR count). The third-order valence-corrected chi connectivity index (χ3v) is 3.23. The third kappa shape index (κ3) is 6.01. The molecule has 0 amide bonds. The van der Waals surface area contributed by atoms with Crippen LogP contribution >= 0.6 is 0 Å². The summed E-state index contributed by atoms with van der Waals surface area (Å²) in [6, 6.07) is -0.836. The Hall–Kier alpha value is -0.340. The van der Waals surface area contributed by atoms with Crippen LogP contribution in [0.4, 0.5) is 0 Å². The Balaban J connectivity index is 2.46. The minimum absolute atomic E-state index is 0.0979. The molecule has 1 saturated heterocycles. The zero-order valence-electron chi connectivity index (χ0n) is 8.96. The van der Waals surface area contributed by atoms with Gasteiger partial charge in [0.15, 0.2) is 0 Å². The molecule has 0 aliphatic carbocycles. The van der Waals surface area contributed by atoms with Gasteiger partial charge in [-0.1, -0.05) is 0 Å². The topological polar surface area (TPSA) is 159 Å². The Morgan fingerprint density at radius 2 is 1.89 bits per heavy atom. The summed E-state index contributed by atoms with van der Waals surface area (Å²) in [5.74, 6) is 0. The molecule has 0 bridgehead atoms. The molecule has 0 saturated carbocycles. The van der Waals surface area contributed by atoms with Gasteiger partial charge in [0, 0.05) is 6.04 Å². The van der Waals surface area contributed by atoms with Gasteiger partial charge in [-0.3, -0.25) is 9.11 Å². The second kappa shape index (κ2) is 5.75. The van der Waals surface area contributed by atoms with Crippen molar-refractivity contribution in [2.45, 2.75) is 24.7 Å². The predicted octanol–water partition coefficient (Wildman–Crippen LogP) is -2.28. The first-order chi connectivity index (χ1) is 8.07. The van der Waals surface area contributed by atoms with E-state index in [1.54, 1.807) is 0 Å². The lowest BCUT2D eigenvalue weighted by molar-refractivity contribution is -0.0995. The third-order valence-electron chi connectivity index (χ3n) is 2.16. The van der Waals surface area contributed by atoms with Gasteiger partial charge in [-0.05, 0) is 6.42 Å². The van der Waals surface area contributed by atoms with E-state index in [9.17, 15) is 21.9 Å². The molecule has 108 valence electrons. The second-order valence-corrected chi connectivity index (χ2v) is 5.95. The smallest absolute Gasteiger partial charge is 0.390 e. The summed E-state index contributed by atoms with van der Waals surface area (Å²) in [4.78, 5) is 0. The van der Waals surface area contributed by atoms with Crippen LogP contribution in [0.2, 0.25) is 0 Å². The average Bonchev–Trinajstić information content (AvgIpc) is 2.12. The number of nitrogens with one attached hydrogen (secondary N) is 1. The van der Waals surface area contributed by atoms with E-state index in [1.807, 2.05) is 4.72 Å². The zero-order chi connectivity index (χ0) is 14.0. The number of rotatable bonds is 5. The molecule has 10 nitrogen and oxygen atoms in total. The van der Waals surface area contributed by atoms with Crippen molar-refractivity contribution in [2.75, 3.05) is 13.2 Å². The molecule has 4 N–H and O–H groups in total. The van der Waals surface area contributed by atoms with Crippen molar-refractivity contribution in [2.24, 2.45) is 0 Å². The van der Waals surface area contributed by atoms with Crippen molar-refractivity contribution in [3.8, 4) is 0 Å². The van der Waals surface area contributed by atoms with Gasteiger partial charge in [-0.2, -0.15) is 21.6 Å². The molecule has 0 aromatic heterocycles. The Morgan fingerprint density at radius 3 is 2.33 bits per heavy atom. The molecular formula is C6H13NO9S2. The molecule has 0 spiro atoms. The van der Waals surface area contributed by atoms with Crippen LogP contribution in [0.3, 0.4) is 0 Å². The average molecular weight is 307 g/mol. The van der Waals surface area contributed by atoms with E-state index in [0.717, 1.165) is 0 Å². The van der Waals surface area contributed by atoms with Crippen molar-refractivity contribution in [3.63, 3.8) is 0 Å². The zero-order valence-corrected chi connectivity index (χ0v) is 10.6. The van der Waals surface area contributed by atoms with Crippen molar-refractivity contribution in [1.82, 2.24) is 4.72 Å². The first kappa shape index (κ1) is 15.7. The highest BCUT2D eigenvalue weighted by molar-refractivity contribution is 7.83. The maximum Gasteiger partial charge on any atom is 0.397 e. The minimum atomic E-state index is -4.63. The predicted molar refractivity (Wildman–Crippen MR) is 56.3 cm³/mol. The lowest BCUT2D eigenvalue weighted by atomic mass is 10.0. The fraction of sp³-hybridized carbons (Fsp3) is 1.00. The summed E-state index contributed by atoms with van der Waals surface area (Å²) in [7, 11) is -9.04. The number of ether oxygens (including phenoxy) is 1. The molecule has 12 heteroatoms. The highest BCUT2D eigenvalue weighted by Crippen LogP contribution is 2.16. The van der Waals surface area contributed by atoms with E-state index < -0.39 is 45.6 Å². The number of hydrogen-bond donors (Lipinski definition) is 4. The SMILES string of the molecule is O=S(=O)(O)N[C@@H]1COC(COS(=O)(=O)O)[C@@H](O)C1. The molecule has 3 atom stereocenters. The maximum atomic E-state index is 10.5. The Labute approximate surface area is 104 Å². The van der Waals surface area contributed by atoms with Crippen molar-refractivity contribution < 1.29 is 40.0 Å². The van der Waals surface area contributed by atoms with E-state index in [4.69, 9.17) is 13.8 Å². The van der Waals surface area contributed by atoms with E-state index in [1.165, 1.54) is 0 Å². The molecule has 1 fully saturated rings. The summed E-state index contributed by atoms with van der Waals surface area (Å²) >= 11 is 0. The van der Waals surface area contributed by atoms with Crippen molar-refractivity contribution in [3.05, 3.63) is 0 Å². The fourth-order valence-electron chi connectivity index (χ4n) is 1.47. The number of aliphatic hydroxyl groups is 1. The summed E-state index contributed by atoms with van der Waals surface area (Å²) in [5.41, 5.74) is 0. The summed E-state index contributed by atoms with van der Waals surface area (Å²) in [6.45, 7) is -0.783. The fourth-order valence-corrected chi connectivity index (χ4v) is 2.36. The van der Waals surface area contributed by atoms with Crippen molar-refractivity contribution in [1.29, 1.82) is 0 Å². The number of aliphatic hydroxyl groups excluding tert-OH is 1.